The van der Waals surface area contributed by atoms with Gasteiger partial charge in [-0.15, -0.1) is 12.6 Å². The molecule has 0 saturated carbocycles. The smallest absolute Gasteiger partial charge is 0.0936 e. The lowest BCUT2D eigenvalue weighted by Gasteiger charge is -1.79. The van der Waals surface area contributed by atoms with Crippen LogP contribution < -0.4 is 0 Å². The summed E-state index contributed by atoms with van der Waals surface area (Å²) in [6.07, 6.45) is 0. The van der Waals surface area contributed by atoms with Crippen molar-refractivity contribution in [2.45, 2.75) is 12.4 Å². The minimum absolute atomic E-state index is 0.472. The summed E-state index contributed by atoms with van der Waals surface area (Å²) >= 11 is 5.23. The lowest BCUT2D eigenvalue weighted by Crippen LogP contribution is -1.79. The van der Waals surface area contributed by atoms with Crippen molar-refractivity contribution in [3.8, 4) is 0 Å². The number of hydrogen-bond donors (Lipinski definition) is 2. The molecule has 1 atom stereocenters. The quantitative estimate of drug-likeness (QED) is 0.441. The SMILES string of the molecule is CC(O)S.c1ccsc1. The molecule has 0 aromatic carbocycles. The van der Waals surface area contributed by atoms with Crippen LogP contribution in [0, 0.1) is 0 Å². The van der Waals surface area contributed by atoms with E-state index in [1.165, 1.54) is 0 Å². The fourth-order valence-electron chi connectivity index (χ4n) is 0.227. The molecule has 1 rings (SSSR count). The summed E-state index contributed by atoms with van der Waals surface area (Å²) < 4.78 is 0. The van der Waals surface area contributed by atoms with Gasteiger partial charge in [-0.05, 0) is 17.7 Å². The zero-order valence-electron chi connectivity index (χ0n) is 5.19. The highest BCUT2D eigenvalue weighted by Crippen LogP contribution is 1.91. The van der Waals surface area contributed by atoms with E-state index >= 15 is 0 Å². The Morgan fingerprint density at radius 3 is 1.89 bits per heavy atom. The van der Waals surface area contributed by atoms with Gasteiger partial charge >= 0.3 is 0 Å². The fourth-order valence-corrected chi connectivity index (χ4v) is 0.680. The molecule has 0 radical (unpaired) electrons. The highest BCUT2D eigenvalue weighted by molar-refractivity contribution is 7.80. The summed E-state index contributed by atoms with van der Waals surface area (Å²) in [5.74, 6) is 0. The molecule has 0 amide bonds. The predicted molar refractivity (Wildman–Crippen MR) is 45.0 cm³/mol. The van der Waals surface area contributed by atoms with E-state index in [0.29, 0.717) is 0 Å². The van der Waals surface area contributed by atoms with Crippen LogP contribution >= 0.6 is 24.0 Å². The second-order valence-corrected chi connectivity index (χ2v) is 2.99. The first kappa shape index (κ1) is 9.01. The molecule has 3 heteroatoms. The van der Waals surface area contributed by atoms with Crippen molar-refractivity contribution in [1.29, 1.82) is 0 Å². The topological polar surface area (TPSA) is 20.2 Å². The molecule has 1 unspecified atom stereocenters. The van der Waals surface area contributed by atoms with Crippen LogP contribution in [0.15, 0.2) is 22.9 Å². The summed E-state index contributed by atoms with van der Waals surface area (Å²) in [5, 5.41) is 12.0. The van der Waals surface area contributed by atoms with E-state index in [-0.39, 0.29) is 0 Å². The van der Waals surface area contributed by atoms with Gasteiger partial charge in [-0.3, -0.25) is 0 Å². The summed E-state index contributed by atoms with van der Waals surface area (Å²) in [6, 6.07) is 4.04. The molecule has 0 spiro atoms. The monoisotopic (exact) mass is 162 g/mol. The van der Waals surface area contributed by atoms with Crippen LogP contribution in [-0.2, 0) is 0 Å². The lowest BCUT2D eigenvalue weighted by atomic mass is 10.7. The van der Waals surface area contributed by atoms with Gasteiger partial charge < -0.3 is 5.11 Å². The summed E-state index contributed by atoms with van der Waals surface area (Å²) in [6.45, 7) is 1.59. The largest absolute Gasteiger partial charge is 0.383 e. The molecule has 0 fully saturated rings. The minimum Gasteiger partial charge on any atom is -0.383 e. The number of hydrogen-bond acceptors (Lipinski definition) is 3. The minimum atomic E-state index is -0.472. The Morgan fingerprint density at radius 1 is 1.44 bits per heavy atom. The molecule has 0 aliphatic carbocycles. The van der Waals surface area contributed by atoms with Crippen molar-refractivity contribution >= 4 is 24.0 Å². The Balaban J connectivity index is 0.000000148. The molecule has 0 saturated heterocycles. The van der Waals surface area contributed by atoms with Gasteiger partial charge in [-0.25, -0.2) is 0 Å². The van der Waals surface area contributed by atoms with E-state index in [9.17, 15) is 0 Å². The van der Waals surface area contributed by atoms with Crippen molar-refractivity contribution in [3.05, 3.63) is 22.9 Å². The molecule has 0 aliphatic heterocycles. The second kappa shape index (κ2) is 6.13. The molecule has 1 nitrogen and oxygen atoms in total. The Morgan fingerprint density at radius 2 is 1.78 bits per heavy atom. The zero-order chi connectivity index (χ0) is 7.11. The van der Waals surface area contributed by atoms with Gasteiger partial charge in [-0.1, -0.05) is 12.1 Å². The van der Waals surface area contributed by atoms with Crippen LogP contribution in [0.5, 0.6) is 0 Å². The second-order valence-electron chi connectivity index (χ2n) is 1.43. The first-order valence-electron chi connectivity index (χ1n) is 2.57. The number of aliphatic hydroxyl groups excluding tert-OH is 1. The molecule has 0 aliphatic rings. The van der Waals surface area contributed by atoms with Gasteiger partial charge in [0.15, 0.2) is 0 Å². The molecule has 1 aromatic rings. The third-order valence-corrected chi connectivity index (χ3v) is 1.05. The van der Waals surface area contributed by atoms with E-state index in [2.05, 4.69) is 12.6 Å². The maximum Gasteiger partial charge on any atom is 0.0936 e. The maximum atomic E-state index is 7.92. The third kappa shape index (κ3) is 11.5. The molecular weight excluding hydrogens is 152 g/mol. The Kier molecular flexibility index (Phi) is 6.14. The normalized spacial score (nSPS) is 11.4. The van der Waals surface area contributed by atoms with Crippen molar-refractivity contribution in [3.63, 3.8) is 0 Å². The Labute approximate surface area is 64.8 Å². The van der Waals surface area contributed by atoms with E-state index in [0.717, 1.165) is 0 Å². The summed E-state index contributed by atoms with van der Waals surface area (Å²) in [7, 11) is 0. The average Bonchev–Trinajstić information content (AvgIpc) is 2.11. The molecule has 1 heterocycles. The van der Waals surface area contributed by atoms with Crippen LogP contribution in [0.1, 0.15) is 6.92 Å². The molecule has 1 N–H and O–H groups in total. The van der Waals surface area contributed by atoms with Crippen molar-refractivity contribution in [1.82, 2.24) is 0 Å². The van der Waals surface area contributed by atoms with E-state index < -0.39 is 5.44 Å². The number of thiophene rings is 1. The van der Waals surface area contributed by atoms with Crippen LogP contribution in [0.4, 0.5) is 0 Å². The van der Waals surface area contributed by atoms with E-state index in [1.807, 2.05) is 22.9 Å². The van der Waals surface area contributed by atoms with Crippen LogP contribution in [0.3, 0.4) is 0 Å². The lowest BCUT2D eigenvalue weighted by molar-refractivity contribution is 0.286. The number of rotatable bonds is 0. The average molecular weight is 162 g/mol. The fraction of sp³-hybridized carbons (Fsp3) is 0.333. The van der Waals surface area contributed by atoms with Gasteiger partial charge in [0.1, 0.15) is 0 Å². The van der Waals surface area contributed by atoms with Crippen LogP contribution in [0.2, 0.25) is 0 Å². The molecule has 52 valence electrons. The van der Waals surface area contributed by atoms with Crippen molar-refractivity contribution in [2.24, 2.45) is 0 Å². The highest BCUT2D eigenvalue weighted by atomic mass is 32.1. The number of aliphatic hydroxyl groups is 1. The molecule has 1 aromatic heterocycles. The predicted octanol–water partition coefficient (Wildman–Crippen LogP) is 2.00. The summed E-state index contributed by atoms with van der Waals surface area (Å²) in [4.78, 5) is 0. The first-order chi connectivity index (χ1) is 4.23. The molecule has 9 heavy (non-hydrogen) atoms. The zero-order valence-corrected chi connectivity index (χ0v) is 6.90. The standard InChI is InChI=1S/C4H4S.C2H6OS/c1-2-4-5-3-1;1-2(3)4/h1-4H;2-4H,1H3. The van der Waals surface area contributed by atoms with Crippen LogP contribution in [-0.4, -0.2) is 10.5 Å². The Hall–Kier alpha value is 0.01000. The Bertz CT molecular complexity index is 94.6. The first-order valence-corrected chi connectivity index (χ1v) is 4.02. The van der Waals surface area contributed by atoms with E-state index in [4.69, 9.17) is 5.11 Å². The third-order valence-electron chi connectivity index (χ3n) is 0.425. The van der Waals surface area contributed by atoms with Gasteiger partial charge in [0, 0.05) is 0 Å². The molecule has 0 bridgehead atoms. The van der Waals surface area contributed by atoms with Crippen molar-refractivity contribution in [2.75, 3.05) is 0 Å². The maximum absolute atomic E-state index is 7.92. The van der Waals surface area contributed by atoms with Gasteiger partial charge in [0.05, 0.1) is 5.44 Å². The highest BCUT2D eigenvalue weighted by Gasteiger charge is 1.70. The van der Waals surface area contributed by atoms with Gasteiger partial charge in [0.25, 0.3) is 0 Å². The molecular formula is C6H10OS2. The van der Waals surface area contributed by atoms with Crippen molar-refractivity contribution < 1.29 is 5.11 Å². The van der Waals surface area contributed by atoms with Gasteiger partial charge in [0.2, 0.25) is 0 Å². The van der Waals surface area contributed by atoms with Gasteiger partial charge in [-0.2, -0.15) is 11.3 Å². The number of thiol groups is 1. The summed E-state index contributed by atoms with van der Waals surface area (Å²) in [5.41, 5.74) is -0.472. The van der Waals surface area contributed by atoms with Crippen LogP contribution in [0.25, 0.3) is 0 Å². The van der Waals surface area contributed by atoms with E-state index in [1.54, 1.807) is 18.3 Å².